The van der Waals surface area contributed by atoms with Crippen molar-refractivity contribution in [3.63, 3.8) is 0 Å². The van der Waals surface area contributed by atoms with Crippen molar-refractivity contribution >= 4 is 17.7 Å². The second kappa shape index (κ2) is 8.01. The van der Waals surface area contributed by atoms with Crippen molar-refractivity contribution in [2.75, 3.05) is 18.7 Å². The molecule has 176 valence electrons. The van der Waals surface area contributed by atoms with Gasteiger partial charge >= 0.3 is 6.36 Å². The summed E-state index contributed by atoms with van der Waals surface area (Å²) in [4.78, 5) is 27.0. The fraction of sp³-hybridized carbons (Fsp3) is 0.217. The predicted octanol–water partition coefficient (Wildman–Crippen LogP) is 3.83. The van der Waals surface area contributed by atoms with E-state index in [1.165, 1.54) is 46.7 Å². The van der Waals surface area contributed by atoms with Crippen LogP contribution >= 0.6 is 11.8 Å². The van der Waals surface area contributed by atoms with Crippen molar-refractivity contribution in [2.45, 2.75) is 23.1 Å². The number of hydrogen-bond donors (Lipinski definition) is 1. The van der Waals surface area contributed by atoms with Crippen LogP contribution in [0.5, 0.6) is 11.5 Å². The Balaban J connectivity index is 1.75. The molecular formula is C23H18F3N3O4S. The zero-order valence-corrected chi connectivity index (χ0v) is 18.6. The lowest BCUT2D eigenvalue weighted by Gasteiger charge is -2.43. The van der Waals surface area contributed by atoms with Gasteiger partial charge in [-0.3, -0.25) is 19.3 Å². The van der Waals surface area contributed by atoms with Crippen molar-refractivity contribution in [3.8, 4) is 11.5 Å². The van der Waals surface area contributed by atoms with E-state index in [0.717, 1.165) is 22.1 Å². The van der Waals surface area contributed by atoms with Gasteiger partial charge in [0.05, 0.1) is 6.04 Å². The Hall–Kier alpha value is -3.60. The van der Waals surface area contributed by atoms with Crippen LogP contribution in [-0.4, -0.2) is 40.7 Å². The van der Waals surface area contributed by atoms with Crippen LogP contribution in [0.3, 0.4) is 0 Å². The molecule has 0 saturated carbocycles. The second-order valence-electron chi connectivity index (χ2n) is 7.94. The number of fused-ring (bicyclic) bond motifs is 3. The molecule has 2 aliphatic heterocycles. The molecule has 7 nitrogen and oxygen atoms in total. The molecule has 0 saturated heterocycles. The summed E-state index contributed by atoms with van der Waals surface area (Å²) in [5, 5.41) is 12.1. The summed E-state index contributed by atoms with van der Waals surface area (Å²) in [6.07, 6.45) is -3.46. The fourth-order valence-corrected chi connectivity index (χ4v) is 5.39. The number of nitrogens with zero attached hydrogens (tertiary/aromatic N) is 3. The van der Waals surface area contributed by atoms with E-state index < -0.39 is 29.5 Å². The van der Waals surface area contributed by atoms with E-state index in [4.69, 9.17) is 0 Å². The van der Waals surface area contributed by atoms with Gasteiger partial charge in [-0.05, 0) is 34.9 Å². The molecule has 1 aromatic heterocycles. The third-order valence-electron chi connectivity index (χ3n) is 5.78. The van der Waals surface area contributed by atoms with Crippen LogP contribution in [0.2, 0.25) is 0 Å². The molecule has 0 bridgehead atoms. The number of amides is 1. The van der Waals surface area contributed by atoms with E-state index in [9.17, 15) is 27.9 Å². The maximum absolute atomic E-state index is 13.0. The van der Waals surface area contributed by atoms with Gasteiger partial charge in [-0.2, -0.15) is 0 Å². The number of pyridine rings is 1. The Morgan fingerprint density at radius 3 is 2.62 bits per heavy atom. The molecule has 0 fully saturated rings. The minimum Gasteiger partial charge on any atom is -0.502 e. The standard InChI is InChI=1S/C23H18F3N3O4S/c1-27-12-29(28-9-8-17(30)21(31)20(28)22(27)32)19-15-5-3-2-4-13(15)11-34-18-7-6-14(10-16(18)19)33-23(24,25)26/h2-10,19,31H,11-12H2,1H3. The van der Waals surface area contributed by atoms with Crippen molar-refractivity contribution in [3.05, 3.63) is 87.3 Å². The van der Waals surface area contributed by atoms with E-state index in [2.05, 4.69) is 4.74 Å². The number of carbonyl (C=O) groups excluding carboxylic acids is 1. The summed E-state index contributed by atoms with van der Waals surface area (Å²) in [5.74, 6) is -1.00. The van der Waals surface area contributed by atoms with Crippen molar-refractivity contribution in [1.82, 2.24) is 9.58 Å². The van der Waals surface area contributed by atoms with Crippen LogP contribution in [0.4, 0.5) is 13.2 Å². The highest BCUT2D eigenvalue weighted by molar-refractivity contribution is 7.98. The highest BCUT2D eigenvalue weighted by atomic mass is 32.2. The van der Waals surface area contributed by atoms with Gasteiger partial charge in [0, 0.05) is 30.0 Å². The minimum absolute atomic E-state index is 0.0571. The van der Waals surface area contributed by atoms with Gasteiger partial charge < -0.3 is 14.7 Å². The molecule has 0 spiro atoms. The summed E-state index contributed by atoms with van der Waals surface area (Å²) in [6, 6.07) is 12.2. The Morgan fingerprint density at radius 2 is 1.85 bits per heavy atom. The first kappa shape index (κ1) is 22.2. The Labute approximate surface area is 195 Å². The highest BCUT2D eigenvalue weighted by Crippen LogP contribution is 2.44. The number of ether oxygens (including phenoxy) is 1. The summed E-state index contributed by atoms with van der Waals surface area (Å²) in [7, 11) is 1.53. The van der Waals surface area contributed by atoms with Gasteiger partial charge in [-0.15, -0.1) is 24.9 Å². The third-order valence-corrected chi connectivity index (χ3v) is 6.92. The predicted molar refractivity (Wildman–Crippen MR) is 119 cm³/mol. The van der Waals surface area contributed by atoms with Crippen LogP contribution < -0.4 is 15.2 Å². The molecule has 3 heterocycles. The number of aromatic nitrogens is 1. The number of rotatable bonds is 2. The molecule has 1 atom stereocenters. The molecule has 1 unspecified atom stereocenters. The molecule has 1 N–H and O–H groups in total. The lowest BCUT2D eigenvalue weighted by Crippen LogP contribution is -2.54. The first-order chi connectivity index (χ1) is 16.1. The lowest BCUT2D eigenvalue weighted by atomic mass is 9.94. The number of aromatic hydroxyl groups is 1. The fourth-order valence-electron chi connectivity index (χ4n) is 4.31. The number of halogens is 3. The number of alkyl halides is 3. The van der Waals surface area contributed by atoms with Gasteiger partial charge in [0.2, 0.25) is 5.43 Å². The maximum Gasteiger partial charge on any atom is 0.573 e. The molecule has 0 radical (unpaired) electrons. The molecule has 2 aromatic carbocycles. The minimum atomic E-state index is -4.85. The average Bonchev–Trinajstić information content (AvgIpc) is 2.94. The first-order valence-corrected chi connectivity index (χ1v) is 11.2. The van der Waals surface area contributed by atoms with Crippen LogP contribution in [-0.2, 0) is 5.75 Å². The average molecular weight is 489 g/mol. The number of carbonyl (C=O) groups is 1. The molecule has 34 heavy (non-hydrogen) atoms. The summed E-state index contributed by atoms with van der Waals surface area (Å²) in [5.41, 5.74) is 1.43. The van der Waals surface area contributed by atoms with Gasteiger partial charge in [0.15, 0.2) is 11.4 Å². The van der Waals surface area contributed by atoms with Crippen LogP contribution in [0.15, 0.2) is 64.4 Å². The Bertz CT molecular complexity index is 1360. The number of hydrogen-bond acceptors (Lipinski definition) is 6. The highest BCUT2D eigenvalue weighted by Gasteiger charge is 2.38. The van der Waals surface area contributed by atoms with Crippen molar-refractivity contribution < 1.29 is 27.8 Å². The van der Waals surface area contributed by atoms with Crippen molar-refractivity contribution in [2.24, 2.45) is 0 Å². The molecule has 3 aromatic rings. The topological polar surface area (TPSA) is 75.0 Å². The first-order valence-electron chi connectivity index (χ1n) is 10.2. The van der Waals surface area contributed by atoms with E-state index in [-0.39, 0.29) is 18.1 Å². The van der Waals surface area contributed by atoms with Crippen LogP contribution in [0, 0.1) is 0 Å². The molecule has 0 aliphatic carbocycles. The van der Waals surface area contributed by atoms with Crippen LogP contribution in [0.25, 0.3) is 0 Å². The quantitative estimate of drug-likeness (QED) is 0.590. The Kier molecular flexibility index (Phi) is 5.23. The van der Waals surface area contributed by atoms with Crippen LogP contribution in [0.1, 0.15) is 33.2 Å². The molecule has 5 rings (SSSR count). The zero-order valence-electron chi connectivity index (χ0n) is 17.7. The molecule has 2 aliphatic rings. The number of thioether (sulfide) groups is 1. The van der Waals surface area contributed by atoms with Gasteiger partial charge in [-0.25, -0.2) is 0 Å². The Morgan fingerprint density at radius 1 is 1.09 bits per heavy atom. The van der Waals surface area contributed by atoms with Gasteiger partial charge in [0.25, 0.3) is 5.91 Å². The molecule has 11 heteroatoms. The number of benzene rings is 2. The van der Waals surface area contributed by atoms with E-state index >= 15 is 0 Å². The zero-order chi connectivity index (χ0) is 24.2. The van der Waals surface area contributed by atoms with E-state index in [1.807, 2.05) is 24.3 Å². The molecular weight excluding hydrogens is 471 g/mol. The summed E-state index contributed by atoms with van der Waals surface area (Å²) in [6.45, 7) is 0.0571. The summed E-state index contributed by atoms with van der Waals surface area (Å²) < 4.78 is 44.5. The van der Waals surface area contributed by atoms with E-state index in [1.54, 1.807) is 11.1 Å². The normalized spacial score (nSPS) is 17.5. The second-order valence-corrected chi connectivity index (χ2v) is 8.96. The smallest absolute Gasteiger partial charge is 0.502 e. The molecule has 1 amide bonds. The van der Waals surface area contributed by atoms with Gasteiger partial charge in [-0.1, -0.05) is 24.3 Å². The monoisotopic (exact) mass is 489 g/mol. The third kappa shape index (κ3) is 3.75. The SMILES string of the molecule is CN1CN(C2c3ccccc3CSc3ccc(OC(F)(F)F)cc32)n2ccc(=O)c(O)c2C1=O. The van der Waals surface area contributed by atoms with Crippen molar-refractivity contribution in [1.29, 1.82) is 0 Å². The lowest BCUT2D eigenvalue weighted by molar-refractivity contribution is -0.274. The van der Waals surface area contributed by atoms with Gasteiger partial charge in [0.1, 0.15) is 12.4 Å². The maximum atomic E-state index is 13.0. The largest absolute Gasteiger partial charge is 0.573 e. The van der Waals surface area contributed by atoms with E-state index in [0.29, 0.717) is 11.3 Å². The summed E-state index contributed by atoms with van der Waals surface area (Å²) >= 11 is 1.48.